The maximum absolute atomic E-state index is 10.3. The maximum atomic E-state index is 10.3. The largest absolute Gasteiger partial charge is 0.489 e. The Morgan fingerprint density at radius 2 is 0.973 bits per heavy atom. The van der Waals surface area contributed by atoms with E-state index in [1.165, 1.54) is 0 Å². The molecule has 0 heterocycles. The Balaban J connectivity index is 1.63. The van der Waals surface area contributed by atoms with Crippen LogP contribution >= 0.6 is 11.8 Å². The van der Waals surface area contributed by atoms with Crippen molar-refractivity contribution in [3.8, 4) is 11.5 Å². The summed E-state index contributed by atoms with van der Waals surface area (Å²) in [6.45, 7) is 4.49. The number of rotatable bonds is 12. The van der Waals surface area contributed by atoms with Gasteiger partial charge in [-0.2, -0.15) is 0 Å². The first-order valence-electron chi connectivity index (χ1n) is 12.6. The van der Waals surface area contributed by atoms with Gasteiger partial charge in [-0.3, -0.25) is 0 Å². The summed E-state index contributed by atoms with van der Waals surface area (Å²) in [5.74, 6) is 1.53. The fourth-order valence-electron chi connectivity index (χ4n) is 4.14. The lowest BCUT2D eigenvalue weighted by molar-refractivity contribution is 0.192. The van der Waals surface area contributed by atoms with Gasteiger partial charge in [0.2, 0.25) is 0 Å². The lowest BCUT2D eigenvalue weighted by Gasteiger charge is -2.20. The van der Waals surface area contributed by atoms with Gasteiger partial charge in [0.15, 0.2) is 0 Å². The van der Waals surface area contributed by atoms with Crippen LogP contribution in [-0.2, 0) is 26.1 Å². The second kappa shape index (κ2) is 13.3. The van der Waals surface area contributed by atoms with E-state index in [4.69, 9.17) is 9.47 Å². The Morgan fingerprint density at radius 3 is 1.35 bits per heavy atom. The molecule has 0 aliphatic rings. The zero-order valence-corrected chi connectivity index (χ0v) is 22.2. The summed E-state index contributed by atoms with van der Waals surface area (Å²) in [6.07, 6.45) is -0.0801. The van der Waals surface area contributed by atoms with E-state index in [2.05, 4.69) is 12.1 Å². The third-order valence-electron chi connectivity index (χ3n) is 5.87. The van der Waals surface area contributed by atoms with Gasteiger partial charge in [0.1, 0.15) is 24.7 Å². The predicted molar refractivity (Wildman–Crippen MR) is 149 cm³/mol. The second-order valence-electron chi connectivity index (χ2n) is 9.22. The molecule has 0 spiro atoms. The van der Waals surface area contributed by atoms with Gasteiger partial charge < -0.3 is 19.7 Å². The third-order valence-corrected chi connectivity index (χ3v) is 7.08. The van der Waals surface area contributed by atoms with E-state index in [0.717, 1.165) is 43.5 Å². The molecule has 0 fully saturated rings. The molecule has 2 atom stereocenters. The summed E-state index contributed by atoms with van der Waals surface area (Å²) < 4.78 is 12.4. The Hall–Kier alpha value is -3.25. The average molecular weight is 515 g/mol. The van der Waals surface area contributed by atoms with Crippen LogP contribution in [0, 0.1) is 0 Å². The molecule has 4 rings (SSSR count). The van der Waals surface area contributed by atoms with Crippen molar-refractivity contribution in [1.82, 2.24) is 0 Å². The first-order chi connectivity index (χ1) is 18.0. The Bertz CT molecular complexity index is 1160. The molecule has 192 valence electrons. The number of ether oxygens (including phenoxy) is 2. The Kier molecular flexibility index (Phi) is 9.66. The fourth-order valence-corrected chi connectivity index (χ4v) is 5.28. The summed E-state index contributed by atoms with van der Waals surface area (Å²) in [7, 11) is 0. The molecule has 4 aromatic rings. The highest BCUT2D eigenvalue weighted by Gasteiger charge is 2.18. The molecular weight excluding hydrogens is 480 g/mol. The normalized spacial score (nSPS) is 12.6. The summed E-state index contributed by atoms with van der Waals surface area (Å²) in [4.78, 5) is 2.03. The smallest absolute Gasteiger partial charge is 0.124 e. The van der Waals surface area contributed by atoms with Crippen molar-refractivity contribution >= 4 is 11.8 Å². The van der Waals surface area contributed by atoms with Gasteiger partial charge in [-0.1, -0.05) is 84.6 Å². The van der Waals surface area contributed by atoms with E-state index in [1.807, 2.05) is 84.9 Å². The van der Waals surface area contributed by atoms with Gasteiger partial charge >= 0.3 is 0 Å². The lowest BCUT2D eigenvalue weighted by atomic mass is 10.1. The van der Waals surface area contributed by atoms with Gasteiger partial charge in [-0.05, 0) is 49.2 Å². The molecule has 0 radical (unpaired) electrons. The van der Waals surface area contributed by atoms with E-state index in [0.29, 0.717) is 26.1 Å². The van der Waals surface area contributed by atoms with Crippen LogP contribution in [0.2, 0.25) is 0 Å². The molecule has 0 bridgehead atoms. The average Bonchev–Trinajstić information content (AvgIpc) is 2.89. The van der Waals surface area contributed by atoms with Crippen molar-refractivity contribution in [3.63, 3.8) is 0 Å². The van der Waals surface area contributed by atoms with Crippen molar-refractivity contribution < 1.29 is 19.7 Å². The molecular formula is C32H34O4S. The van der Waals surface area contributed by atoms with Crippen LogP contribution in [0.3, 0.4) is 0 Å². The van der Waals surface area contributed by atoms with Crippen LogP contribution in [0.15, 0.2) is 107 Å². The van der Waals surface area contributed by atoms with Crippen LogP contribution in [0.4, 0.5) is 0 Å². The van der Waals surface area contributed by atoms with Crippen LogP contribution in [0.25, 0.3) is 0 Å². The van der Waals surface area contributed by atoms with Crippen molar-refractivity contribution in [2.24, 2.45) is 0 Å². The van der Waals surface area contributed by atoms with E-state index in [-0.39, 0.29) is 0 Å². The van der Waals surface area contributed by atoms with Crippen LogP contribution in [0.1, 0.15) is 36.1 Å². The van der Waals surface area contributed by atoms with E-state index in [9.17, 15) is 10.2 Å². The van der Waals surface area contributed by atoms with Crippen molar-refractivity contribution in [2.75, 3.05) is 0 Å². The number of hydrogen-bond donors (Lipinski definition) is 2. The van der Waals surface area contributed by atoms with Gasteiger partial charge in [-0.15, -0.1) is 0 Å². The van der Waals surface area contributed by atoms with Gasteiger partial charge in [0.25, 0.3) is 0 Å². The Labute approximate surface area is 223 Å². The zero-order valence-electron chi connectivity index (χ0n) is 21.3. The van der Waals surface area contributed by atoms with Gasteiger partial charge in [-0.25, -0.2) is 0 Å². The third kappa shape index (κ3) is 7.86. The molecule has 4 aromatic carbocycles. The zero-order chi connectivity index (χ0) is 26.0. The summed E-state index contributed by atoms with van der Waals surface area (Å²) in [5.41, 5.74) is 4.12. The highest BCUT2D eigenvalue weighted by molar-refractivity contribution is 7.99. The molecule has 37 heavy (non-hydrogen) atoms. The summed E-state index contributed by atoms with van der Waals surface area (Å²) >= 11 is 1.61. The first-order valence-corrected chi connectivity index (χ1v) is 13.4. The minimum absolute atomic E-state index is 0.456. The number of hydrogen-bond acceptors (Lipinski definition) is 5. The highest BCUT2D eigenvalue weighted by Crippen LogP contribution is 2.40. The van der Waals surface area contributed by atoms with Crippen LogP contribution < -0.4 is 9.47 Å². The summed E-state index contributed by atoms with van der Waals surface area (Å²) in [5, 5.41) is 20.6. The molecule has 0 aliphatic carbocycles. The molecule has 2 N–H and O–H groups in total. The fraction of sp³-hybridized carbons (Fsp3) is 0.250. The topological polar surface area (TPSA) is 58.9 Å². The molecule has 0 aliphatic heterocycles. The molecule has 0 amide bonds. The van der Waals surface area contributed by atoms with Crippen LogP contribution in [-0.4, -0.2) is 22.4 Å². The highest BCUT2D eigenvalue weighted by atomic mass is 32.2. The number of aliphatic hydroxyl groups excluding tert-OH is 2. The molecule has 5 heteroatoms. The van der Waals surface area contributed by atoms with Crippen molar-refractivity contribution in [2.45, 2.75) is 61.9 Å². The van der Waals surface area contributed by atoms with E-state index < -0.39 is 12.2 Å². The van der Waals surface area contributed by atoms with Gasteiger partial charge in [0.05, 0.1) is 12.2 Å². The van der Waals surface area contributed by atoms with Gasteiger partial charge in [0, 0.05) is 33.8 Å². The Morgan fingerprint density at radius 1 is 0.568 bits per heavy atom. The monoisotopic (exact) mass is 514 g/mol. The molecule has 0 aromatic heterocycles. The molecule has 2 unspecified atom stereocenters. The van der Waals surface area contributed by atoms with Crippen molar-refractivity contribution in [1.29, 1.82) is 0 Å². The second-order valence-corrected chi connectivity index (χ2v) is 10.3. The van der Waals surface area contributed by atoms with Crippen LogP contribution in [0.5, 0.6) is 11.5 Å². The number of benzene rings is 4. The lowest BCUT2D eigenvalue weighted by Crippen LogP contribution is -2.09. The van der Waals surface area contributed by atoms with E-state index >= 15 is 0 Å². The minimum Gasteiger partial charge on any atom is -0.489 e. The van der Waals surface area contributed by atoms with Crippen molar-refractivity contribution in [3.05, 3.63) is 119 Å². The quantitative estimate of drug-likeness (QED) is 0.217. The minimum atomic E-state index is -0.515. The van der Waals surface area contributed by atoms with E-state index in [1.54, 1.807) is 25.6 Å². The SMILES string of the molecule is CC(O)Cc1c(OCc2ccccc2)cccc1Sc1cccc(OCc2ccccc2)c1CC(C)O. The molecule has 4 nitrogen and oxygen atoms in total. The maximum Gasteiger partial charge on any atom is 0.124 e. The molecule has 0 saturated carbocycles. The molecule has 0 saturated heterocycles. The summed E-state index contributed by atoms with van der Waals surface area (Å²) in [6, 6.07) is 32.1. The first kappa shape index (κ1) is 26.8. The predicted octanol–water partition coefficient (Wildman–Crippen LogP) is 6.84. The standard InChI is InChI=1S/C32H34O4S/c1-23(33)19-27-29(35-21-25-11-5-3-6-12-25)15-9-17-31(27)37-32-18-10-16-30(28(32)20-24(2)34)36-22-26-13-7-4-8-14-26/h3-18,23-24,33-34H,19-22H2,1-2H3. The number of aliphatic hydroxyl groups is 2.